The van der Waals surface area contributed by atoms with Crippen molar-refractivity contribution in [3.63, 3.8) is 0 Å². The lowest BCUT2D eigenvalue weighted by Gasteiger charge is -2.30. The number of amides is 1. The number of carbonyl (C=O) groups excluding carboxylic acids is 1. The van der Waals surface area contributed by atoms with E-state index in [0.717, 1.165) is 13.1 Å². The van der Waals surface area contributed by atoms with Crippen LogP contribution in [0.25, 0.3) is 0 Å². The van der Waals surface area contributed by atoms with Crippen LogP contribution in [0.3, 0.4) is 0 Å². The third-order valence-electron chi connectivity index (χ3n) is 4.02. The fraction of sp³-hybridized carbons (Fsp3) is 0.917. The minimum atomic E-state index is -0.199. The Bertz CT molecular complexity index is 212. The number of hydrogen-bond acceptors (Lipinski definition) is 2. The predicted octanol–water partition coefficient (Wildman–Crippen LogP) is 1.76. The summed E-state index contributed by atoms with van der Waals surface area (Å²) in [4.78, 5) is 13.1. The quantitative estimate of drug-likeness (QED) is 0.772. The molecule has 1 fully saturated rings. The van der Waals surface area contributed by atoms with Crippen molar-refractivity contribution >= 4 is 5.91 Å². The van der Waals surface area contributed by atoms with Crippen molar-refractivity contribution in [3.05, 3.63) is 0 Å². The van der Waals surface area contributed by atoms with E-state index < -0.39 is 0 Å². The van der Waals surface area contributed by atoms with Gasteiger partial charge in [-0.1, -0.05) is 26.7 Å². The largest absolute Gasteiger partial charge is 0.369 e. The van der Waals surface area contributed by atoms with Crippen molar-refractivity contribution in [2.45, 2.75) is 46.0 Å². The number of likely N-dealkylation sites (tertiary alicyclic amines) is 1. The summed E-state index contributed by atoms with van der Waals surface area (Å²) in [5.74, 6) is -0.199. The molecule has 0 aliphatic carbocycles. The van der Waals surface area contributed by atoms with E-state index in [4.69, 9.17) is 5.73 Å². The fourth-order valence-corrected chi connectivity index (χ4v) is 2.65. The van der Waals surface area contributed by atoms with E-state index in [9.17, 15) is 4.79 Å². The Morgan fingerprint density at radius 3 is 2.47 bits per heavy atom. The van der Waals surface area contributed by atoms with Crippen LogP contribution in [0.1, 0.15) is 46.0 Å². The summed E-state index contributed by atoms with van der Waals surface area (Å²) in [6.07, 6.45) is 6.24. The second kappa shape index (κ2) is 5.50. The lowest BCUT2D eigenvalue weighted by Crippen LogP contribution is -2.34. The summed E-state index contributed by atoms with van der Waals surface area (Å²) in [6, 6.07) is 0. The smallest absolute Gasteiger partial charge is 0.231 e. The highest BCUT2D eigenvalue weighted by Gasteiger charge is 2.29. The van der Waals surface area contributed by atoms with Crippen LogP contribution in [0, 0.1) is 5.41 Å². The lowest BCUT2D eigenvalue weighted by atomic mass is 9.76. The number of carbonyl (C=O) groups is 1. The van der Waals surface area contributed by atoms with Crippen LogP contribution in [0.15, 0.2) is 0 Å². The molecule has 0 aromatic rings. The van der Waals surface area contributed by atoms with Crippen LogP contribution >= 0.6 is 0 Å². The molecule has 0 radical (unpaired) electrons. The van der Waals surface area contributed by atoms with Gasteiger partial charge in [0.2, 0.25) is 5.91 Å². The van der Waals surface area contributed by atoms with Crippen LogP contribution in [0.5, 0.6) is 0 Å². The minimum absolute atomic E-state index is 0.199. The molecule has 0 aromatic heterocycles. The molecule has 2 N–H and O–H groups in total. The summed E-state index contributed by atoms with van der Waals surface area (Å²) in [7, 11) is 0. The maximum atomic E-state index is 10.9. The molecule has 0 spiro atoms. The van der Waals surface area contributed by atoms with Crippen LogP contribution in [-0.4, -0.2) is 30.4 Å². The van der Waals surface area contributed by atoms with E-state index >= 15 is 0 Å². The van der Waals surface area contributed by atoms with Gasteiger partial charge in [0.05, 0.1) is 6.54 Å². The van der Waals surface area contributed by atoms with Gasteiger partial charge in [-0.15, -0.1) is 0 Å². The fourth-order valence-electron chi connectivity index (χ4n) is 2.65. The van der Waals surface area contributed by atoms with Gasteiger partial charge < -0.3 is 5.73 Å². The Labute approximate surface area is 93.0 Å². The van der Waals surface area contributed by atoms with Crippen LogP contribution < -0.4 is 5.73 Å². The number of hydrogen-bond donors (Lipinski definition) is 1. The molecule has 1 amide bonds. The van der Waals surface area contributed by atoms with E-state index in [1.54, 1.807) is 0 Å². The number of primary amides is 1. The maximum absolute atomic E-state index is 10.9. The molecule has 0 bridgehead atoms. The standard InChI is InChI=1S/C12H24N2O/c1-3-12(4-2)6-5-8-14(9-7-12)10-11(13)15/h3-10H2,1-2H3,(H2,13,15). The molecule has 0 unspecified atom stereocenters. The Kier molecular flexibility index (Phi) is 4.58. The maximum Gasteiger partial charge on any atom is 0.231 e. The Morgan fingerprint density at radius 1 is 1.27 bits per heavy atom. The summed E-state index contributed by atoms with van der Waals surface area (Å²) in [5, 5.41) is 0. The Morgan fingerprint density at radius 2 is 1.93 bits per heavy atom. The van der Waals surface area contributed by atoms with Gasteiger partial charge in [0, 0.05) is 0 Å². The van der Waals surface area contributed by atoms with Gasteiger partial charge in [-0.2, -0.15) is 0 Å². The molecule has 3 heteroatoms. The van der Waals surface area contributed by atoms with Crippen LogP contribution in [0.4, 0.5) is 0 Å². The van der Waals surface area contributed by atoms with Gasteiger partial charge in [-0.05, 0) is 37.8 Å². The molecule has 3 nitrogen and oxygen atoms in total. The van der Waals surface area contributed by atoms with Crippen molar-refractivity contribution in [2.75, 3.05) is 19.6 Å². The highest BCUT2D eigenvalue weighted by atomic mass is 16.1. The zero-order chi connectivity index (χ0) is 11.3. The molecule has 1 heterocycles. The predicted molar refractivity (Wildman–Crippen MR) is 62.5 cm³/mol. The van der Waals surface area contributed by atoms with Crippen molar-refractivity contribution < 1.29 is 4.79 Å². The first-order chi connectivity index (χ1) is 7.12. The Hall–Kier alpha value is -0.570. The summed E-state index contributed by atoms with van der Waals surface area (Å²) in [5.41, 5.74) is 5.75. The van der Waals surface area contributed by atoms with Crippen LogP contribution in [0.2, 0.25) is 0 Å². The topological polar surface area (TPSA) is 46.3 Å². The number of nitrogens with zero attached hydrogens (tertiary/aromatic N) is 1. The van der Waals surface area contributed by atoms with Gasteiger partial charge in [-0.3, -0.25) is 9.69 Å². The Balaban J connectivity index is 2.51. The zero-order valence-corrected chi connectivity index (χ0v) is 10.1. The molecular formula is C12H24N2O. The molecule has 15 heavy (non-hydrogen) atoms. The second-order valence-electron chi connectivity index (χ2n) is 4.80. The van der Waals surface area contributed by atoms with Gasteiger partial charge in [0.15, 0.2) is 0 Å². The highest BCUT2D eigenvalue weighted by molar-refractivity contribution is 5.75. The second-order valence-corrected chi connectivity index (χ2v) is 4.80. The monoisotopic (exact) mass is 212 g/mol. The molecule has 1 rings (SSSR count). The van der Waals surface area contributed by atoms with E-state index in [2.05, 4.69) is 18.7 Å². The molecule has 0 aromatic carbocycles. The molecule has 0 saturated carbocycles. The highest BCUT2D eigenvalue weighted by Crippen LogP contribution is 2.37. The van der Waals surface area contributed by atoms with E-state index in [0.29, 0.717) is 12.0 Å². The molecule has 1 aliphatic heterocycles. The summed E-state index contributed by atoms with van der Waals surface area (Å²) >= 11 is 0. The molecule has 88 valence electrons. The van der Waals surface area contributed by atoms with Gasteiger partial charge in [0.1, 0.15) is 0 Å². The van der Waals surface area contributed by atoms with E-state index in [-0.39, 0.29) is 5.91 Å². The molecule has 1 saturated heterocycles. The first kappa shape index (κ1) is 12.5. The van der Waals surface area contributed by atoms with Gasteiger partial charge in [-0.25, -0.2) is 0 Å². The zero-order valence-electron chi connectivity index (χ0n) is 10.1. The first-order valence-electron chi connectivity index (χ1n) is 6.12. The number of nitrogens with two attached hydrogens (primary N) is 1. The van der Waals surface area contributed by atoms with Crippen LogP contribution in [-0.2, 0) is 4.79 Å². The number of rotatable bonds is 4. The average Bonchev–Trinajstić information content (AvgIpc) is 2.41. The molecule has 0 atom stereocenters. The first-order valence-corrected chi connectivity index (χ1v) is 6.12. The minimum Gasteiger partial charge on any atom is -0.369 e. The van der Waals surface area contributed by atoms with E-state index in [1.165, 1.54) is 32.1 Å². The summed E-state index contributed by atoms with van der Waals surface area (Å²) in [6.45, 7) is 7.07. The normalized spacial score (nSPS) is 22.3. The van der Waals surface area contributed by atoms with Crippen molar-refractivity contribution in [1.29, 1.82) is 0 Å². The van der Waals surface area contributed by atoms with Crippen molar-refractivity contribution in [2.24, 2.45) is 11.1 Å². The SMILES string of the molecule is CCC1(CC)CCCN(CC(N)=O)CC1. The van der Waals surface area contributed by atoms with Crippen molar-refractivity contribution in [3.8, 4) is 0 Å². The lowest BCUT2D eigenvalue weighted by molar-refractivity contribution is -0.119. The van der Waals surface area contributed by atoms with Gasteiger partial charge >= 0.3 is 0 Å². The summed E-state index contributed by atoms with van der Waals surface area (Å²) < 4.78 is 0. The van der Waals surface area contributed by atoms with E-state index in [1.807, 2.05) is 0 Å². The third-order valence-corrected chi connectivity index (χ3v) is 4.02. The average molecular weight is 212 g/mol. The molecule has 1 aliphatic rings. The third kappa shape index (κ3) is 3.49. The molecular weight excluding hydrogens is 188 g/mol. The van der Waals surface area contributed by atoms with Crippen molar-refractivity contribution in [1.82, 2.24) is 4.90 Å². The van der Waals surface area contributed by atoms with Gasteiger partial charge in [0.25, 0.3) is 0 Å².